The van der Waals surface area contributed by atoms with E-state index in [0.29, 0.717) is 33.4 Å². The van der Waals surface area contributed by atoms with Crippen molar-refractivity contribution in [3.8, 4) is 11.8 Å². The van der Waals surface area contributed by atoms with Crippen molar-refractivity contribution in [3.63, 3.8) is 0 Å². The van der Waals surface area contributed by atoms with Gasteiger partial charge >= 0.3 is 0 Å². The van der Waals surface area contributed by atoms with Crippen molar-refractivity contribution in [2.75, 3.05) is 55.6 Å². The lowest BCUT2D eigenvalue weighted by Crippen LogP contribution is -2.54. The first-order chi connectivity index (χ1) is 27.6. The first-order valence-corrected chi connectivity index (χ1v) is 20.4. The van der Waals surface area contributed by atoms with E-state index in [-0.39, 0.29) is 36.9 Å². The number of ether oxygens (including phenoxy) is 1. The minimum Gasteiger partial charge on any atom is -0.490 e. The van der Waals surface area contributed by atoms with Gasteiger partial charge in [0.25, 0.3) is 17.7 Å². The molecule has 13 nitrogen and oxygen atoms in total. The lowest BCUT2D eigenvalue weighted by molar-refractivity contribution is -0.136. The molecule has 0 saturated carbocycles. The molecule has 5 amide bonds. The second-order valence-corrected chi connectivity index (χ2v) is 16.6. The molecule has 294 valence electrons. The van der Waals surface area contributed by atoms with Crippen LogP contribution in [0.5, 0.6) is 5.75 Å². The van der Waals surface area contributed by atoms with Crippen LogP contribution >= 0.6 is 11.6 Å². The van der Waals surface area contributed by atoms with Crippen LogP contribution in [0, 0.1) is 17.2 Å². The van der Waals surface area contributed by atoms with E-state index in [0.717, 1.165) is 99.8 Å². The molecule has 2 bridgehead atoms. The van der Waals surface area contributed by atoms with Crippen LogP contribution in [-0.4, -0.2) is 114 Å². The first-order valence-electron chi connectivity index (χ1n) is 20.0. The standard InChI is InChI=1S/C43H44ClN7O6/c44-37-22-33(9-3-28(37)23-45)57-34-19-31-6-7-32(20-34)50(31)41(54)27-1-4-29(5-2-27)48-17-15-47(16-18-48)14-13-26-24-49(25-26)30-8-10-35-36(21-30)43(56)51(42(35)55)38-11-12-39(52)46-40(38)53/h1-5,8-10,21-22,26,31-32,34,38H,6-7,11-20,24-25H2,(H,46,52,53). The summed E-state index contributed by atoms with van der Waals surface area (Å²) in [4.78, 5) is 74.3. The van der Waals surface area contributed by atoms with Crippen molar-refractivity contribution in [2.45, 2.75) is 69.2 Å². The zero-order chi connectivity index (χ0) is 39.4. The Morgan fingerprint density at radius 2 is 1.53 bits per heavy atom. The molecule has 3 aromatic rings. The summed E-state index contributed by atoms with van der Waals surface area (Å²) in [5.74, 6) is -0.684. The lowest BCUT2D eigenvalue weighted by Gasteiger charge is -2.43. The van der Waals surface area contributed by atoms with Crippen LogP contribution in [0.25, 0.3) is 0 Å². The number of anilines is 2. The van der Waals surface area contributed by atoms with E-state index in [1.165, 1.54) is 0 Å². The number of benzene rings is 3. The highest BCUT2D eigenvalue weighted by atomic mass is 35.5. The Labute approximate surface area is 336 Å². The molecule has 6 aliphatic rings. The van der Waals surface area contributed by atoms with Gasteiger partial charge < -0.3 is 19.4 Å². The Morgan fingerprint density at radius 1 is 0.825 bits per heavy atom. The smallest absolute Gasteiger partial charge is 0.262 e. The summed E-state index contributed by atoms with van der Waals surface area (Å²) in [6, 6.07) is 20.0. The van der Waals surface area contributed by atoms with Crippen LogP contribution in [0.15, 0.2) is 60.7 Å². The third kappa shape index (κ3) is 7.10. The molecule has 5 saturated heterocycles. The highest BCUT2D eigenvalue weighted by Gasteiger charge is 2.46. The van der Waals surface area contributed by atoms with Gasteiger partial charge in [0.1, 0.15) is 24.0 Å². The summed E-state index contributed by atoms with van der Waals surface area (Å²) in [7, 11) is 0. The van der Waals surface area contributed by atoms with E-state index in [4.69, 9.17) is 21.6 Å². The van der Waals surface area contributed by atoms with Crippen molar-refractivity contribution in [1.29, 1.82) is 5.26 Å². The molecule has 14 heteroatoms. The minimum atomic E-state index is -0.966. The highest BCUT2D eigenvalue weighted by molar-refractivity contribution is 6.31. The fraction of sp³-hybridized carbons (Fsp3) is 0.442. The first kappa shape index (κ1) is 37.1. The SMILES string of the molecule is N#Cc1ccc(OC2CC3CCC(C2)N3C(=O)c2ccc(N3CCN(CCC4CN(c5ccc6c(c5)C(=O)N(C5CCC(=O)NC5=O)C6=O)C4)CC3)cc2)cc1Cl. The summed E-state index contributed by atoms with van der Waals surface area (Å²) >= 11 is 6.22. The van der Waals surface area contributed by atoms with Gasteiger partial charge in [0, 0.05) is 93.6 Å². The average molecular weight is 790 g/mol. The number of nitrogens with one attached hydrogen (secondary N) is 1. The summed E-state index contributed by atoms with van der Waals surface area (Å²) in [6.45, 7) is 6.55. The Bertz CT molecular complexity index is 2160. The van der Waals surface area contributed by atoms with Gasteiger partial charge in [-0.15, -0.1) is 0 Å². The number of hydrogen-bond donors (Lipinski definition) is 1. The minimum absolute atomic E-state index is 0.000492. The van der Waals surface area contributed by atoms with Gasteiger partial charge in [0.05, 0.1) is 21.7 Å². The largest absolute Gasteiger partial charge is 0.490 e. The third-order valence-electron chi connectivity index (χ3n) is 12.7. The van der Waals surface area contributed by atoms with Gasteiger partial charge in [0.15, 0.2) is 0 Å². The summed E-state index contributed by atoms with van der Waals surface area (Å²) in [5, 5.41) is 11.8. The second kappa shape index (κ2) is 15.1. The van der Waals surface area contributed by atoms with Gasteiger partial charge in [-0.25, -0.2) is 0 Å². The van der Waals surface area contributed by atoms with E-state index >= 15 is 0 Å². The molecule has 0 radical (unpaired) electrons. The van der Waals surface area contributed by atoms with Gasteiger partial charge in [0.2, 0.25) is 11.8 Å². The van der Waals surface area contributed by atoms with Crippen LogP contribution in [0.2, 0.25) is 5.02 Å². The maximum absolute atomic E-state index is 13.7. The zero-order valence-corrected chi connectivity index (χ0v) is 32.3. The Kier molecular flexibility index (Phi) is 9.86. The molecule has 0 spiro atoms. The van der Waals surface area contributed by atoms with Gasteiger partial charge in [-0.2, -0.15) is 5.26 Å². The van der Waals surface area contributed by atoms with Crippen molar-refractivity contribution < 1.29 is 28.7 Å². The van der Waals surface area contributed by atoms with Crippen LogP contribution in [-0.2, 0) is 9.59 Å². The average Bonchev–Trinajstić information content (AvgIpc) is 3.61. The molecule has 1 N–H and O–H groups in total. The van der Waals surface area contributed by atoms with Crippen molar-refractivity contribution in [1.82, 2.24) is 20.0 Å². The summed E-state index contributed by atoms with van der Waals surface area (Å²) in [5.41, 5.74) is 3.78. The number of piperidine rings is 2. The van der Waals surface area contributed by atoms with Crippen LogP contribution in [0.1, 0.15) is 81.6 Å². The molecule has 9 rings (SSSR count). The normalized spacial score (nSPS) is 25.0. The number of hydrogen-bond acceptors (Lipinski definition) is 10. The number of nitrogens with zero attached hydrogens (tertiary/aromatic N) is 6. The molecular weight excluding hydrogens is 746 g/mol. The number of amides is 5. The van der Waals surface area contributed by atoms with E-state index in [1.54, 1.807) is 30.3 Å². The summed E-state index contributed by atoms with van der Waals surface area (Å²) in [6.07, 6.45) is 4.81. The van der Waals surface area contributed by atoms with Crippen LogP contribution < -0.4 is 19.9 Å². The molecule has 6 aliphatic heterocycles. The molecule has 3 aromatic carbocycles. The van der Waals surface area contributed by atoms with Crippen molar-refractivity contribution in [3.05, 3.63) is 87.9 Å². The zero-order valence-electron chi connectivity index (χ0n) is 31.6. The third-order valence-corrected chi connectivity index (χ3v) is 13.1. The predicted molar refractivity (Wildman–Crippen MR) is 211 cm³/mol. The fourth-order valence-corrected chi connectivity index (χ4v) is 9.80. The molecular formula is C43H44ClN7O6. The topological polar surface area (TPSA) is 147 Å². The van der Waals surface area contributed by atoms with E-state index in [2.05, 4.69) is 43.1 Å². The van der Waals surface area contributed by atoms with Crippen LogP contribution in [0.4, 0.5) is 11.4 Å². The molecule has 3 unspecified atom stereocenters. The lowest BCUT2D eigenvalue weighted by atomic mass is 9.94. The monoisotopic (exact) mass is 789 g/mol. The second-order valence-electron chi connectivity index (χ2n) is 16.2. The Balaban J connectivity index is 0.715. The molecule has 5 fully saturated rings. The number of rotatable bonds is 9. The molecule has 57 heavy (non-hydrogen) atoms. The number of nitriles is 1. The van der Waals surface area contributed by atoms with Crippen LogP contribution in [0.3, 0.4) is 0 Å². The molecule has 0 aromatic heterocycles. The van der Waals surface area contributed by atoms with E-state index in [9.17, 15) is 24.0 Å². The van der Waals surface area contributed by atoms with Gasteiger partial charge in [-0.05, 0) is 92.7 Å². The Morgan fingerprint density at radius 3 is 2.21 bits per heavy atom. The number of fused-ring (bicyclic) bond motifs is 3. The fourth-order valence-electron chi connectivity index (χ4n) is 9.58. The van der Waals surface area contributed by atoms with Gasteiger partial charge in [-0.3, -0.25) is 39.1 Å². The molecule has 6 heterocycles. The molecule has 3 atom stereocenters. The number of piperazine rings is 1. The van der Waals surface area contributed by atoms with Crippen molar-refractivity contribution in [2.24, 2.45) is 5.92 Å². The maximum atomic E-state index is 13.7. The number of imide groups is 2. The predicted octanol–water partition coefficient (Wildman–Crippen LogP) is 4.48. The highest BCUT2D eigenvalue weighted by Crippen LogP contribution is 2.39. The number of carbonyl (C=O) groups is 5. The maximum Gasteiger partial charge on any atom is 0.262 e. The Hall–Kier alpha value is -5.45. The van der Waals surface area contributed by atoms with E-state index < -0.39 is 29.7 Å². The van der Waals surface area contributed by atoms with E-state index in [1.807, 2.05) is 18.2 Å². The van der Waals surface area contributed by atoms with Crippen molar-refractivity contribution >= 4 is 52.5 Å². The molecule has 0 aliphatic carbocycles. The van der Waals surface area contributed by atoms with Gasteiger partial charge in [-0.1, -0.05) is 11.6 Å². The quantitative estimate of drug-likeness (QED) is 0.308. The summed E-state index contributed by atoms with van der Waals surface area (Å²) < 4.78 is 6.26. The number of halogens is 1. The number of carbonyl (C=O) groups excluding carboxylic acids is 5.